The number of amides is 3. The van der Waals surface area contributed by atoms with Gasteiger partial charge in [0.05, 0.1) is 12.7 Å². The van der Waals surface area contributed by atoms with Gasteiger partial charge in [-0.1, -0.05) is 6.07 Å². The Morgan fingerprint density at radius 2 is 1.96 bits per heavy atom. The number of esters is 1. The van der Waals surface area contributed by atoms with Gasteiger partial charge in [-0.25, -0.2) is 9.59 Å². The van der Waals surface area contributed by atoms with Crippen molar-refractivity contribution in [2.75, 3.05) is 32.1 Å². The molecule has 1 aliphatic rings. The maximum Gasteiger partial charge on any atom is 0.337 e. The Balaban J connectivity index is 2.10. The number of ether oxygens (including phenoxy) is 1. The van der Waals surface area contributed by atoms with E-state index in [1.54, 1.807) is 28.0 Å². The van der Waals surface area contributed by atoms with E-state index >= 15 is 0 Å². The second-order valence-electron chi connectivity index (χ2n) is 5.96. The first-order chi connectivity index (χ1) is 11.3. The fourth-order valence-electron chi connectivity index (χ4n) is 2.73. The Bertz CT molecular complexity index is 659. The summed E-state index contributed by atoms with van der Waals surface area (Å²) in [5.41, 5.74) is 1.81. The number of methoxy groups -OCH3 is 1. The van der Waals surface area contributed by atoms with Crippen LogP contribution in [0, 0.1) is 6.92 Å². The van der Waals surface area contributed by atoms with E-state index in [4.69, 9.17) is 4.74 Å². The van der Waals surface area contributed by atoms with E-state index in [-0.39, 0.29) is 18.0 Å². The fourth-order valence-corrected chi connectivity index (χ4v) is 2.73. The third-order valence-corrected chi connectivity index (χ3v) is 4.23. The molecule has 1 fully saturated rings. The Labute approximate surface area is 141 Å². The largest absolute Gasteiger partial charge is 0.465 e. The maximum atomic E-state index is 12.6. The highest BCUT2D eigenvalue weighted by Crippen LogP contribution is 2.19. The van der Waals surface area contributed by atoms with Gasteiger partial charge in [0.2, 0.25) is 5.91 Å². The Morgan fingerprint density at radius 1 is 1.25 bits per heavy atom. The number of nitrogens with zero attached hydrogens (tertiary/aromatic N) is 2. The molecule has 130 valence electrons. The Kier molecular flexibility index (Phi) is 5.43. The van der Waals surface area contributed by atoms with Gasteiger partial charge in [0.1, 0.15) is 0 Å². The van der Waals surface area contributed by atoms with E-state index in [1.165, 1.54) is 14.0 Å². The number of urea groups is 1. The van der Waals surface area contributed by atoms with Crippen LogP contribution >= 0.6 is 0 Å². The highest BCUT2D eigenvalue weighted by Gasteiger charge is 2.28. The Hall–Kier alpha value is -2.57. The first-order valence-electron chi connectivity index (χ1n) is 7.85. The zero-order valence-corrected chi connectivity index (χ0v) is 14.5. The van der Waals surface area contributed by atoms with Crippen molar-refractivity contribution in [2.45, 2.75) is 26.8 Å². The molecule has 2 rings (SSSR count). The number of anilines is 1. The SMILES string of the molecule is COC(=O)c1ccc(C)c(NC(=O)N2CCN(C(C)=O)C[C@@H]2C)c1. The number of aryl methyl sites for hydroxylation is 1. The molecule has 1 aromatic carbocycles. The predicted molar refractivity (Wildman–Crippen MR) is 90.0 cm³/mol. The highest BCUT2D eigenvalue weighted by molar-refractivity contribution is 5.94. The second-order valence-corrected chi connectivity index (χ2v) is 5.96. The van der Waals surface area contributed by atoms with E-state index in [9.17, 15) is 14.4 Å². The van der Waals surface area contributed by atoms with Gasteiger partial charge in [0.15, 0.2) is 0 Å². The number of benzene rings is 1. The van der Waals surface area contributed by atoms with Crippen LogP contribution in [0.1, 0.15) is 29.8 Å². The predicted octanol–water partition coefficient (Wildman–Crippen LogP) is 1.87. The molecule has 7 heteroatoms. The van der Waals surface area contributed by atoms with Crippen molar-refractivity contribution in [3.8, 4) is 0 Å². The smallest absolute Gasteiger partial charge is 0.337 e. The summed E-state index contributed by atoms with van der Waals surface area (Å²) in [6, 6.07) is 4.71. The molecule has 0 radical (unpaired) electrons. The van der Waals surface area contributed by atoms with Crippen LogP contribution < -0.4 is 5.32 Å². The first kappa shape index (κ1) is 17.8. The molecule has 0 bridgehead atoms. The monoisotopic (exact) mass is 333 g/mol. The summed E-state index contributed by atoms with van der Waals surface area (Å²) in [5, 5.41) is 2.85. The van der Waals surface area contributed by atoms with Crippen LogP contribution in [0.25, 0.3) is 0 Å². The number of hydrogen-bond donors (Lipinski definition) is 1. The van der Waals surface area contributed by atoms with E-state index in [2.05, 4.69) is 5.32 Å². The average Bonchev–Trinajstić information content (AvgIpc) is 2.55. The van der Waals surface area contributed by atoms with Crippen molar-refractivity contribution in [1.29, 1.82) is 0 Å². The van der Waals surface area contributed by atoms with Crippen molar-refractivity contribution in [3.05, 3.63) is 29.3 Å². The van der Waals surface area contributed by atoms with Crippen molar-refractivity contribution >= 4 is 23.6 Å². The quantitative estimate of drug-likeness (QED) is 0.838. The van der Waals surface area contributed by atoms with Crippen molar-refractivity contribution < 1.29 is 19.1 Å². The van der Waals surface area contributed by atoms with Gasteiger partial charge in [0.25, 0.3) is 0 Å². The molecule has 0 saturated carbocycles. The lowest BCUT2D eigenvalue weighted by Gasteiger charge is -2.39. The molecular formula is C17H23N3O4. The van der Waals surface area contributed by atoms with Gasteiger partial charge >= 0.3 is 12.0 Å². The van der Waals surface area contributed by atoms with Crippen LogP contribution in [0.3, 0.4) is 0 Å². The molecule has 1 saturated heterocycles. The van der Waals surface area contributed by atoms with Gasteiger partial charge in [-0.15, -0.1) is 0 Å². The standard InChI is InChI=1S/C17H23N3O4/c1-11-5-6-14(16(22)24-4)9-15(11)18-17(23)20-8-7-19(13(3)21)10-12(20)2/h5-6,9,12H,7-8,10H2,1-4H3,(H,18,23)/t12-/m0/s1. The number of carbonyl (C=O) groups is 3. The summed E-state index contributed by atoms with van der Waals surface area (Å²) in [7, 11) is 1.32. The normalized spacial score (nSPS) is 17.4. The third-order valence-electron chi connectivity index (χ3n) is 4.23. The van der Waals surface area contributed by atoms with Gasteiger partial charge in [0, 0.05) is 38.3 Å². The minimum absolute atomic E-state index is 0.0172. The van der Waals surface area contributed by atoms with E-state index in [0.29, 0.717) is 30.9 Å². The van der Waals surface area contributed by atoms with Crippen LogP contribution in [-0.2, 0) is 9.53 Å². The molecular weight excluding hydrogens is 310 g/mol. The molecule has 1 N–H and O–H groups in total. The van der Waals surface area contributed by atoms with Crippen molar-refractivity contribution in [3.63, 3.8) is 0 Å². The van der Waals surface area contributed by atoms with Crippen LogP contribution in [0.5, 0.6) is 0 Å². The highest BCUT2D eigenvalue weighted by atomic mass is 16.5. The van der Waals surface area contributed by atoms with Gasteiger partial charge in [-0.3, -0.25) is 4.79 Å². The number of rotatable bonds is 2. The molecule has 0 aliphatic carbocycles. The summed E-state index contributed by atoms with van der Waals surface area (Å²) in [6.45, 7) is 6.81. The molecule has 1 aliphatic heterocycles. The molecule has 3 amide bonds. The minimum Gasteiger partial charge on any atom is -0.465 e. The van der Waals surface area contributed by atoms with Crippen LogP contribution in [0.15, 0.2) is 18.2 Å². The summed E-state index contributed by atoms with van der Waals surface area (Å²) in [5.74, 6) is -0.433. The minimum atomic E-state index is -0.450. The molecule has 0 aromatic heterocycles. The summed E-state index contributed by atoms with van der Waals surface area (Å²) in [6.07, 6.45) is 0. The van der Waals surface area contributed by atoms with Crippen LogP contribution in [0.2, 0.25) is 0 Å². The average molecular weight is 333 g/mol. The van der Waals surface area contributed by atoms with E-state index in [0.717, 1.165) is 5.56 Å². The Morgan fingerprint density at radius 3 is 2.54 bits per heavy atom. The van der Waals surface area contributed by atoms with Gasteiger partial charge < -0.3 is 19.9 Å². The third kappa shape index (κ3) is 3.84. The molecule has 1 heterocycles. The zero-order chi connectivity index (χ0) is 17.9. The van der Waals surface area contributed by atoms with Crippen molar-refractivity contribution in [1.82, 2.24) is 9.80 Å². The number of piperazine rings is 1. The fraction of sp³-hybridized carbons (Fsp3) is 0.471. The van der Waals surface area contributed by atoms with E-state index in [1.807, 2.05) is 13.8 Å². The molecule has 1 atom stereocenters. The van der Waals surface area contributed by atoms with Gasteiger partial charge in [-0.05, 0) is 31.5 Å². The second kappa shape index (κ2) is 7.33. The van der Waals surface area contributed by atoms with E-state index < -0.39 is 5.97 Å². The van der Waals surface area contributed by atoms with Crippen LogP contribution in [-0.4, -0.2) is 60.5 Å². The lowest BCUT2D eigenvalue weighted by atomic mass is 10.1. The lowest BCUT2D eigenvalue weighted by molar-refractivity contribution is -0.131. The van der Waals surface area contributed by atoms with Gasteiger partial charge in [-0.2, -0.15) is 0 Å². The first-order valence-corrected chi connectivity index (χ1v) is 7.85. The lowest BCUT2D eigenvalue weighted by Crippen LogP contribution is -2.56. The summed E-state index contributed by atoms with van der Waals surface area (Å²) < 4.78 is 4.70. The molecule has 7 nitrogen and oxygen atoms in total. The topological polar surface area (TPSA) is 79.0 Å². The number of hydrogen-bond acceptors (Lipinski definition) is 4. The number of carbonyl (C=O) groups excluding carboxylic acids is 3. The number of nitrogens with one attached hydrogen (secondary N) is 1. The molecule has 1 aromatic rings. The summed E-state index contributed by atoms with van der Waals surface area (Å²) in [4.78, 5) is 39.1. The van der Waals surface area contributed by atoms with Crippen molar-refractivity contribution in [2.24, 2.45) is 0 Å². The summed E-state index contributed by atoms with van der Waals surface area (Å²) >= 11 is 0. The molecule has 24 heavy (non-hydrogen) atoms. The van der Waals surface area contributed by atoms with Crippen LogP contribution in [0.4, 0.5) is 10.5 Å². The molecule has 0 unspecified atom stereocenters. The zero-order valence-electron chi connectivity index (χ0n) is 14.5. The maximum absolute atomic E-state index is 12.6. The molecule has 0 spiro atoms.